The predicted octanol–water partition coefficient (Wildman–Crippen LogP) is 2.11. The fraction of sp³-hybridized carbons (Fsp3) is 0.167. The van der Waals surface area contributed by atoms with Crippen LogP contribution >= 0.6 is 0 Å². The maximum absolute atomic E-state index is 13.0. The van der Waals surface area contributed by atoms with Gasteiger partial charge in [0, 0.05) is 11.9 Å². The van der Waals surface area contributed by atoms with E-state index in [1.165, 1.54) is 12.1 Å². The van der Waals surface area contributed by atoms with Crippen LogP contribution in [0.15, 0.2) is 48.5 Å². The standard InChI is InChI=1S/C18H18FN5O/c19-13-7-5-11(6-8-13)9-12(17(21)25)10-22-18-23-15-4-2-1-3-14(15)16(20)24-18/h1-8,12H,9-10H2,(H2,21,25)(H3,20,22,23,24). The van der Waals surface area contributed by atoms with E-state index in [9.17, 15) is 9.18 Å². The number of nitrogens with zero attached hydrogens (tertiary/aromatic N) is 2. The number of benzene rings is 2. The molecule has 1 atom stereocenters. The number of hydrogen-bond acceptors (Lipinski definition) is 5. The third-order valence-corrected chi connectivity index (χ3v) is 3.94. The van der Waals surface area contributed by atoms with Crippen molar-refractivity contribution in [2.75, 3.05) is 17.6 Å². The summed E-state index contributed by atoms with van der Waals surface area (Å²) in [4.78, 5) is 20.3. The summed E-state index contributed by atoms with van der Waals surface area (Å²) in [6.45, 7) is 0.254. The lowest BCUT2D eigenvalue weighted by molar-refractivity contribution is -0.121. The van der Waals surface area contributed by atoms with Crippen LogP contribution < -0.4 is 16.8 Å². The van der Waals surface area contributed by atoms with E-state index >= 15 is 0 Å². The lowest BCUT2D eigenvalue weighted by Crippen LogP contribution is -2.31. The molecular formula is C18H18FN5O. The van der Waals surface area contributed by atoms with Crippen molar-refractivity contribution in [3.05, 3.63) is 59.9 Å². The molecule has 1 unspecified atom stereocenters. The number of fused-ring (bicyclic) bond motifs is 1. The summed E-state index contributed by atoms with van der Waals surface area (Å²) in [6.07, 6.45) is 0.395. The van der Waals surface area contributed by atoms with Gasteiger partial charge in [-0.25, -0.2) is 9.37 Å². The van der Waals surface area contributed by atoms with Gasteiger partial charge in [-0.15, -0.1) is 0 Å². The molecule has 0 aliphatic rings. The Hall–Kier alpha value is -3.22. The number of hydrogen-bond donors (Lipinski definition) is 3. The van der Waals surface area contributed by atoms with Crippen molar-refractivity contribution in [3.63, 3.8) is 0 Å². The van der Waals surface area contributed by atoms with E-state index in [0.717, 1.165) is 10.9 Å². The number of anilines is 2. The molecule has 1 heterocycles. The van der Waals surface area contributed by atoms with Gasteiger partial charge in [0.05, 0.1) is 11.4 Å². The van der Waals surface area contributed by atoms with Crippen molar-refractivity contribution >= 4 is 28.6 Å². The Morgan fingerprint density at radius 2 is 1.84 bits per heavy atom. The minimum atomic E-state index is -0.484. The quantitative estimate of drug-likeness (QED) is 0.637. The Bertz CT molecular complexity index is 898. The first kappa shape index (κ1) is 16.6. The highest BCUT2D eigenvalue weighted by Gasteiger charge is 2.17. The number of nitrogens with one attached hydrogen (secondary N) is 1. The van der Waals surface area contributed by atoms with E-state index in [1.54, 1.807) is 12.1 Å². The molecule has 128 valence electrons. The number of halogens is 1. The van der Waals surface area contributed by atoms with Gasteiger partial charge in [0.25, 0.3) is 0 Å². The SMILES string of the molecule is NC(=O)C(CNc1nc(N)c2ccccc2n1)Cc1ccc(F)cc1. The highest BCUT2D eigenvalue weighted by Crippen LogP contribution is 2.19. The number of carbonyl (C=O) groups is 1. The predicted molar refractivity (Wildman–Crippen MR) is 95.2 cm³/mol. The molecule has 0 fully saturated rings. The number of nitrogen functional groups attached to an aromatic ring is 1. The van der Waals surface area contributed by atoms with Crippen molar-refractivity contribution in [3.8, 4) is 0 Å². The number of aromatic nitrogens is 2. The fourth-order valence-corrected chi connectivity index (χ4v) is 2.57. The van der Waals surface area contributed by atoms with Crippen molar-refractivity contribution in [2.24, 2.45) is 11.7 Å². The topological polar surface area (TPSA) is 107 Å². The average Bonchev–Trinajstić information content (AvgIpc) is 2.60. The van der Waals surface area contributed by atoms with Gasteiger partial charge in [-0.05, 0) is 36.2 Å². The third-order valence-electron chi connectivity index (χ3n) is 3.94. The first-order valence-electron chi connectivity index (χ1n) is 7.83. The van der Waals surface area contributed by atoms with Crippen LogP contribution in [0, 0.1) is 11.7 Å². The summed E-state index contributed by atoms with van der Waals surface area (Å²) in [6, 6.07) is 13.4. The van der Waals surface area contributed by atoms with Gasteiger partial charge in [0.2, 0.25) is 11.9 Å². The van der Waals surface area contributed by atoms with E-state index < -0.39 is 11.8 Å². The Morgan fingerprint density at radius 3 is 2.56 bits per heavy atom. The maximum Gasteiger partial charge on any atom is 0.225 e. The zero-order valence-electron chi connectivity index (χ0n) is 13.4. The van der Waals surface area contributed by atoms with E-state index in [1.807, 2.05) is 24.3 Å². The molecule has 0 aliphatic heterocycles. The highest BCUT2D eigenvalue weighted by atomic mass is 19.1. The molecule has 0 saturated heterocycles. The second kappa shape index (κ2) is 7.12. The van der Waals surface area contributed by atoms with Crippen LogP contribution in [0.3, 0.4) is 0 Å². The first-order chi connectivity index (χ1) is 12.0. The summed E-state index contributed by atoms with van der Waals surface area (Å²) in [5.41, 5.74) is 13.0. The molecular weight excluding hydrogens is 321 g/mol. The van der Waals surface area contributed by atoms with Crippen molar-refractivity contribution < 1.29 is 9.18 Å². The summed E-state index contributed by atoms with van der Waals surface area (Å²) < 4.78 is 13.0. The van der Waals surface area contributed by atoms with Crippen LogP contribution in [0.5, 0.6) is 0 Å². The molecule has 25 heavy (non-hydrogen) atoms. The average molecular weight is 339 g/mol. The van der Waals surface area contributed by atoms with Gasteiger partial charge in [-0.3, -0.25) is 4.79 Å². The smallest absolute Gasteiger partial charge is 0.225 e. The summed E-state index contributed by atoms with van der Waals surface area (Å²) in [5.74, 6) is -0.561. The molecule has 1 aromatic heterocycles. The van der Waals surface area contributed by atoms with Gasteiger partial charge in [0.1, 0.15) is 11.6 Å². The van der Waals surface area contributed by atoms with Crippen LogP contribution in [0.1, 0.15) is 5.56 Å². The van der Waals surface area contributed by atoms with Gasteiger partial charge in [0.15, 0.2) is 0 Å². The Kier molecular flexibility index (Phi) is 4.74. The molecule has 0 radical (unpaired) electrons. The number of amides is 1. The minimum Gasteiger partial charge on any atom is -0.383 e. The summed E-state index contributed by atoms with van der Waals surface area (Å²) in [5, 5.41) is 3.78. The lowest BCUT2D eigenvalue weighted by atomic mass is 9.98. The van der Waals surface area contributed by atoms with Crippen LogP contribution in [-0.2, 0) is 11.2 Å². The van der Waals surface area contributed by atoms with Gasteiger partial charge in [-0.1, -0.05) is 24.3 Å². The van der Waals surface area contributed by atoms with E-state index in [4.69, 9.17) is 11.5 Å². The molecule has 6 nitrogen and oxygen atoms in total. The number of rotatable bonds is 6. The molecule has 7 heteroatoms. The largest absolute Gasteiger partial charge is 0.383 e. The minimum absolute atomic E-state index is 0.254. The second-order valence-electron chi connectivity index (χ2n) is 5.76. The van der Waals surface area contributed by atoms with Gasteiger partial charge < -0.3 is 16.8 Å². The monoisotopic (exact) mass is 339 g/mol. The molecule has 0 spiro atoms. The molecule has 0 bridgehead atoms. The van der Waals surface area contributed by atoms with Gasteiger partial charge >= 0.3 is 0 Å². The highest BCUT2D eigenvalue weighted by molar-refractivity contribution is 5.88. The normalized spacial score (nSPS) is 12.0. The number of carbonyl (C=O) groups excluding carboxylic acids is 1. The van der Waals surface area contributed by atoms with Crippen LogP contribution in [0.25, 0.3) is 10.9 Å². The Morgan fingerprint density at radius 1 is 1.12 bits per heavy atom. The van der Waals surface area contributed by atoms with Gasteiger partial charge in [-0.2, -0.15) is 4.98 Å². The second-order valence-corrected chi connectivity index (χ2v) is 5.76. The summed E-state index contributed by atoms with van der Waals surface area (Å²) in [7, 11) is 0. The lowest BCUT2D eigenvalue weighted by Gasteiger charge is -2.15. The van der Waals surface area contributed by atoms with Crippen molar-refractivity contribution in [2.45, 2.75) is 6.42 Å². The van der Waals surface area contributed by atoms with Crippen LogP contribution in [-0.4, -0.2) is 22.4 Å². The molecule has 0 saturated carbocycles. The molecule has 3 rings (SSSR count). The Balaban J connectivity index is 1.73. The molecule has 2 aromatic carbocycles. The number of primary amides is 1. The summed E-state index contributed by atoms with van der Waals surface area (Å²) >= 11 is 0. The molecule has 1 amide bonds. The number of para-hydroxylation sites is 1. The molecule has 0 aliphatic carbocycles. The van der Waals surface area contributed by atoms with E-state index in [2.05, 4.69) is 15.3 Å². The van der Waals surface area contributed by atoms with Crippen LogP contribution in [0.2, 0.25) is 0 Å². The third kappa shape index (κ3) is 4.00. The van der Waals surface area contributed by atoms with Crippen LogP contribution in [0.4, 0.5) is 16.2 Å². The van der Waals surface area contributed by atoms with E-state index in [0.29, 0.717) is 23.7 Å². The molecule has 5 N–H and O–H groups in total. The zero-order chi connectivity index (χ0) is 17.8. The Labute approximate surface area is 144 Å². The zero-order valence-corrected chi connectivity index (χ0v) is 13.4. The number of nitrogens with two attached hydrogens (primary N) is 2. The fourth-order valence-electron chi connectivity index (χ4n) is 2.57. The maximum atomic E-state index is 13.0. The van der Waals surface area contributed by atoms with E-state index in [-0.39, 0.29) is 12.4 Å². The first-order valence-corrected chi connectivity index (χ1v) is 7.83. The van der Waals surface area contributed by atoms with Crippen molar-refractivity contribution in [1.82, 2.24) is 9.97 Å². The molecule has 3 aromatic rings. The van der Waals surface area contributed by atoms with Crippen molar-refractivity contribution in [1.29, 1.82) is 0 Å².